The van der Waals surface area contributed by atoms with Crippen molar-refractivity contribution < 1.29 is 24.5 Å². The number of hydrogen-bond acceptors (Lipinski definition) is 5. The molecule has 1 aliphatic rings. The summed E-state index contributed by atoms with van der Waals surface area (Å²) in [5, 5.41) is 19.8. The van der Waals surface area contributed by atoms with E-state index in [-0.39, 0.29) is 18.7 Å². The van der Waals surface area contributed by atoms with Gasteiger partial charge in [0, 0.05) is 0 Å². The first-order valence-corrected chi connectivity index (χ1v) is 14.0. The molecule has 2 aromatic rings. The number of rotatable bonds is 11. The predicted octanol–water partition coefficient (Wildman–Crippen LogP) is 7.36. The van der Waals surface area contributed by atoms with Crippen molar-refractivity contribution in [3.8, 4) is 11.5 Å². The lowest BCUT2D eigenvalue weighted by molar-refractivity contribution is -0.157. The van der Waals surface area contributed by atoms with Crippen LogP contribution in [0.5, 0.6) is 11.5 Å². The second kappa shape index (κ2) is 13.3. The van der Waals surface area contributed by atoms with Gasteiger partial charge in [-0.15, -0.1) is 0 Å². The van der Waals surface area contributed by atoms with Crippen molar-refractivity contribution in [3.05, 3.63) is 59.7 Å². The molecule has 37 heavy (non-hydrogen) atoms. The van der Waals surface area contributed by atoms with E-state index >= 15 is 0 Å². The molecule has 1 aliphatic carbocycles. The van der Waals surface area contributed by atoms with Gasteiger partial charge >= 0.3 is 5.97 Å². The first kappa shape index (κ1) is 29.0. The molecule has 2 aromatic carbocycles. The molecule has 0 heterocycles. The Kier molecular flexibility index (Phi) is 10.5. The fraction of sp³-hybridized carbons (Fsp3) is 0.594. The number of aromatic hydroxyl groups is 1. The van der Waals surface area contributed by atoms with Crippen molar-refractivity contribution in [2.75, 3.05) is 6.61 Å². The van der Waals surface area contributed by atoms with E-state index in [0.717, 1.165) is 44.9 Å². The molecule has 0 radical (unpaired) electrons. The minimum Gasteiger partial charge on any atom is -0.508 e. The largest absolute Gasteiger partial charge is 0.508 e. The molecule has 204 valence electrons. The normalized spacial score (nSPS) is 20.6. The summed E-state index contributed by atoms with van der Waals surface area (Å²) in [4.78, 5) is 12.0. The Morgan fingerprint density at radius 3 is 2.11 bits per heavy atom. The number of esters is 1. The zero-order valence-electron chi connectivity index (χ0n) is 23.3. The van der Waals surface area contributed by atoms with Gasteiger partial charge in [0.15, 0.2) is 6.61 Å². The molecule has 0 saturated heterocycles. The van der Waals surface area contributed by atoms with Crippen molar-refractivity contribution in [1.29, 1.82) is 0 Å². The highest BCUT2D eigenvalue weighted by Crippen LogP contribution is 2.41. The van der Waals surface area contributed by atoms with Crippen LogP contribution in [-0.2, 0) is 9.53 Å². The maximum absolute atomic E-state index is 12.0. The molecule has 1 saturated carbocycles. The van der Waals surface area contributed by atoms with E-state index in [4.69, 9.17) is 9.47 Å². The number of phenols is 1. The molecule has 1 fully saturated rings. The van der Waals surface area contributed by atoms with E-state index in [2.05, 4.69) is 38.1 Å². The number of aliphatic hydroxyl groups is 1. The third kappa shape index (κ3) is 9.37. The van der Waals surface area contributed by atoms with Crippen LogP contribution in [0, 0.1) is 11.8 Å². The summed E-state index contributed by atoms with van der Waals surface area (Å²) in [6, 6.07) is 15.7. The van der Waals surface area contributed by atoms with Gasteiger partial charge in [0.05, 0.1) is 6.10 Å². The molecule has 0 bridgehead atoms. The lowest BCUT2D eigenvalue weighted by Crippen LogP contribution is -2.27. The topological polar surface area (TPSA) is 76.0 Å². The predicted molar refractivity (Wildman–Crippen MR) is 148 cm³/mol. The standard InChI is InChI=1S/C32H46O5/c1-6-23(25-7-13-28(33)14-8-25)20-27(26-9-15-29(34)16-10-26)19-22(2)24-11-17-30(18-12-24)36-21-31(35)37-32(3,4)5/h9-12,15-18,22-23,25,27-28,33-34H,6-8,13-14,19-21H2,1-5H3. The van der Waals surface area contributed by atoms with Crippen LogP contribution in [0.4, 0.5) is 0 Å². The second-order valence-corrected chi connectivity index (χ2v) is 11.8. The molecule has 3 rings (SSSR count). The first-order chi connectivity index (χ1) is 17.5. The Balaban J connectivity index is 1.66. The summed E-state index contributed by atoms with van der Waals surface area (Å²) < 4.78 is 10.9. The Morgan fingerprint density at radius 2 is 1.54 bits per heavy atom. The molecule has 0 aromatic heterocycles. The fourth-order valence-electron chi connectivity index (χ4n) is 5.71. The summed E-state index contributed by atoms with van der Waals surface area (Å²) in [6.45, 7) is 9.98. The summed E-state index contributed by atoms with van der Waals surface area (Å²) in [7, 11) is 0. The van der Waals surface area contributed by atoms with Gasteiger partial charge in [0.2, 0.25) is 0 Å². The van der Waals surface area contributed by atoms with Crippen molar-refractivity contribution in [2.24, 2.45) is 11.8 Å². The second-order valence-electron chi connectivity index (χ2n) is 11.8. The SMILES string of the molecule is CCC(CC(CC(C)c1ccc(OCC(=O)OC(C)(C)C)cc1)c1ccc(O)cc1)C1CCC(O)CC1. The maximum atomic E-state index is 12.0. The Bertz CT molecular complexity index is 952. The van der Waals surface area contributed by atoms with Crippen LogP contribution in [0.25, 0.3) is 0 Å². The van der Waals surface area contributed by atoms with Crippen LogP contribution >= 0.6 is 0 Å². The van der Waals surface area contributed by atoms with Crippen LogP contribution in [0.1, 0.15) is 103 Å². The Hall–Kier alpha value is -2.53. The van der Waals surface area contributed by atoms with E-state index in [1.807, 2.05) is 32.9 Å². The highest BCUT2D eigenvalue weighted by Gasteiger charge is 2.29. The van der Waals surface area contributed by atoms with Gasteiger partial charge in [0.1, 0.15) is 17.1 Å². The van der Waals surface area contributed by atoms with Gasteiger partial charge in [-0.3, -0.25) is 0 Å². The van der Waals surface area contributed by atoms with E-state index < -0.39 is 5.60 Å². The molecular weight excluding hydrogens is 464 g/mol. The van der Waals surface area contributed by atoms with Gasteiger partial charge in [-0.25, -0.2) is 4.79 Å². The van der Waals surface area contributed by atoms with Crippen LogP contribution in [0.2, 0.25) is 0 Å². The zero-order chi connectivity index (χ0) is 27.0. The number of carbonyl (C=O) groups is 1. The molecule has 3 unspecified atom stereocenters. The monoisotopic (exact) mass is 510 g/mol. The number of ether oxygens (including phenoxy) is 2. The molecule has 0 amide bonds. The van der Waals surface area contributed by atoms with Gasteiger partial charge in [-0.2, -0.15) is 0 Å². The van der Waals surface area contributed by atoms with E-state index in [1.165, 1.54) is 11.1 Å². The van der Waals surface area contributed by atoms with Crippen LogP contribution < -0.4 is 4.74 Å². The third-order valence-electron chi connectivity index (χ3n) is 7.75. The lowest BCUT2D eigenvalue weighted by Gasteiger charge is -2.34. The average molecular weight is 511 g/mol. The highest BCUT2D eigenvalue weighted by atomic mass is 16.6. The lowest BCUT2D eigenvalue weighted by atomic mass is 9.72. The van der Waals surface area contributed by atoms with Crippen LogP contribution in [0.15, 0.2) is 48.5 Å². The van der Waals surface area contributed by atoms with Gasteiger partial charge < -0.3 is 19.7 Å². The molecule has 0 spiro atoms. The summed E-state index contributed by atoms with van der Waals surface area (Å²) in [5.74, 6) is 2.60. The molecule has 2 N–H and O–H groups in total. The third-order valence-corrected chi connectivity index (χ3v) is 7.75. The maximum Gasteiger partial charge on any atom is 0.344 e. The first-order valence-electron chi connectivity index (χ1n) is 14.0. The molecule has 3 atom stereocenters. The molecule has 5 heteroatoms. The molecular formula is C32H46O5. The zero-order valence-corrected chi connectivity index (χ0v) is 23.3. The minimum atomic E-state index is -0.525. The van der Waals surface area contributed by atoms with Crippen molar-refractivity contribution >= 4 is 5.97 Å². The number of benzene rings is 2. The van der Waals surface area contributed by atoms with Crippen molar-refractivity contribution in [3.63, 3.8) is 0 Å². The minimum absolute atomic E-state index is 0.105. The Labute approximate surface area is 223 Å². The summed E-state index contributed by atoms with van der Waals surface area (Å²) in [6.07, 6.45) is 7.21. The van der Waals surface area contributed by atoms with Crippen molar-refractivity contribution in [1.82, 2.24) is 0 Å². The van der Waals surface area contributed by atoms with E-state index in [1.54, 1.807) is 12.1 Å². The highest BCUT2D eigenvalue weighted by molar-refractivity contribution is 5.71. The molecule has 0 aliphatic heterocycles. The molecule has 5 nitrogen and oxygen atoms in total. The van der Waals surface area contributed by atoms with Crippen LogP contribution in [-0.4, -0.2) is 34.5 Å². The fourth-order valence-corrected chi connectivity index (χ4v) is 5.71. The number of phenolic OH excluding ortho intramolecular Hbond substituents is 1. The summed E-state index contributed by atoms with van der Waals surface area (Å²) in [5.41, 5.74) is 1.99. The number of aliphatic hydroxyl groups excluding tert-OH is 1. The Morgan fingerprint density at radius 1 is 0.946 bits per heavy atom. The van der Waals surface area contributed by atoms with Crippen molar-refractivity contribution in [2.45, 2.75) is 103 Å². The van der Waals surface area contributed by atoms with E-state index in [0.29, 0.717) is 35.2 Å². The number of carbonyl (C=O) groups excluding carboxylic acids is 1. The van der Waals surface area contributed by atoms with Crippen LogP contribution in [0.3, 0.4) is 0 Å². The average Bonchev–Trinajstić information content (AvgIpc) is 2.85. The van der Waals surface area contributed by atoms with E-state index in [9.17, 15) is 15.0 Å². The van der Waals surface area contributed by atoms with Gasteiger partial charge in [-0.1, -0.05) is 44.5 Å². The van der Waals surface area contributed by atoms with Gasteiger partial charge in [0.25, 0.3) is 0 Å². The van der Waals surface area contributed by atoms with Gasteiger partial charge in [-0.05, 0) is 118 Å². The number of hydrogen-bond donors (Lipinski definition) is 2. The quantitative estimate of drug-likeness (QED) is 0.309. The smallest absolute Gasteiger partial charge is 0.344 e. The summed E-state index contributed by atoms with van der Waals surface area (Å²) >= 11 is 0.